The first-order valence-electron chi connectivity index (χ1n) is 8.67. The van der Waals surface area contributed by atoms with E-state index in [-0.39, 0.29) is 18.2 Å². The quantitative estimate of drug-likeness (QED) is 0.749. The van der Waals surface area contributed by atoms with Gasteiger partial charge in [0.1, 0.15) is 5.75 Å². The molecule has 138 valence electrons. The Kier molecular flexibility index (Phi) is 4.53. The van der Waals surface area contributed by atoms with Crippen LogP contribution in [0.5, 0.6) is 5.75 Å². The van der Waals surface area contributed by atoms with Crippen molar-refractivity contribution in [3.8, 4) is 5.75 Å². The summed E-state index contributed by atoms with van der Waals surface area (Å²) in [5, 5.41) is 3.44. The van der Waals surface area contributed by atoms with Gasteiger partial charge in [-0.2, -0.15) is 0 Å². The van der Waals surface area contributed by atoms with E-state index < -0.39 is 5.92 Å². The fourth-order valence-corrected chi connectivity index (χ4v) is 4.26. The molecule has 0 radical (unpaired) electrons. The number of methoxy groups -OCH3 is 1. The Balaban J connectivity index is 1.51. The smallest absolute Gasteiger partial charge is 0.231 e. The van der Waals surface area contributed by atoms with Crippen LogP contribution in [0.15, 0.2) is 42.5 Å². The summed E-state index contributed by atoms with van der Waals surface area (Å²) in [6, 6.07) is 13.3. The Labute approximate surface area is 160 Å². The van der Waals surface area contributed by atoms with Gasteiger partial charge in [0.15, 0.2) is 5.13 Å². The van der Waals surface area contributed by atoms with Crippen LogP contribution in [0.2, 0.25) is 0 Å². The van der Waals surface area contributed by atoms with Crippen LogP contribution in [0, 0.1) is 12.8 Å². The summed E-state index contributed by atoms with van der Waals surface area (Å²) in [7, 11) is 1.57. The summed E-state index contributed by atoms with van der Waals surface area (Å²) in [5.41, 5.74) is 2.66. The number of benzene rings is 2. The molecule has 1 N–H and O–H groups in total. The molecule has 1 fully saturated rings. The van der Waals surface area contributed by atoms with Crippen molar-refractivity contribution in [1.82, 2.24) is 4.98 Å². The first-order valence-corrected chi connectivity index (χ1v) is 9.49. The molecule has 4 rings (SSSR count). The number of ether oxygens (including phenoxy) is 1. The van der Waals surface area contributed by atoms with Crippen molar-refractivity contribution in [1.29, 1.82) is 0 Å². The number of aryl methyl sites for hydroxylation is 1. The Morgan fingerprint density at radius 2 is 2.07 bits per heavy atom. The van der Waals surface area contributed by atoms with Gasteiger partial charge in [0.05, 0.1) is 28.9 Å². The Hall–Kier alpha value is -2.93. The first-order chi connectivity index (χ1) is 13.1. The summed E-state index contributed by atoms with van der Waals surface area (Å²) in [5.74, 6) is -0.0682. The lowest BCUT2D eigenvalue weighted by molar-refractivity contribution is -0.122. The predicted molar refractivity (Wildman–Crippen MR) is 106 cm³/mol. The van der Waals surface area contributed by atoms with Gasteiger partial charge >= 0.3 is 0 Å². The number of nitrogens with zero attached hydrogens (tertiary/aromatic N) is 2. The maximum absolute atomic E-state index is 12.7. The number of fused-ring (bicyclic) bond motifs is 1. The fraction of sp³-hybridized carbons (Fsp3) is 0.250. The highest BCUT2D eigenvalue weighted by Gasteiger charge is 2.36. The number of nitrogens with one attached hydrogen (secondary N) is 1. The van der Waals surface area contributed by atoms with E-state index in [4.69, 9.17) is 4.74 Å². The molecule has 0 saturated carbocycles. The molecule has 6 nitrogen and oxygen atoms in total. The number of hydrogen-bond acceptors (Lipinski definition) is 5. The van der Waals surface area contributed by atoms with E-state index in [2.05, 4.69) is 10.3 Å². The van der Waals surface area contributed by atoms with Crippen LogP contribution in [0.1, 0.15) is 12.0 Å². The molecule has 1 aliphatic rings. The average Bonchev–Trinajstić information content (AvgIpc) is 3.25. The lowest BCUT2D eigenvalue weighted by Gasteiger charge is -2.19. The minimum Gasteiger partial charge on any atom is -0.495 e. The van der Waals surface area contributed by atoms with Crippen molar-refractivity contribution in [2.75, 3.05) is 23.9 Å². The maximum Gasteiger partial charge on any atom is 0.231 e. The lowest BCUT2D eigenvalue weighted by atomic mass is 10.1. The van der Waals surface area contributed by atoms with Gasteiger partial charge in [-0.25, -0.2) is 4.98 Å². The van der Waals surface area contributed by atoms with E-state index in [9.17, 15) is 9.59 Å². The van der Waals surface area contributed by atoms with Crippen LogP contribution in [0.3, 0.4) is 0 Å². The summed E-state index contributed by atoms with van der Waals surface area (Å²) < 4.78 is 6.37. The Morgan fingerprint density at radius 1 is 1.26 bits per heavy atom. The third-order valence-corrected chi connectivity index (χ3v) is 5.66. The van der Waals surface area contributed by atoms with Gasteiger partial charge in [-0.05, 0) is 30.7 Å². The van der Waals surface area contributed by atoms with Crippen molar-refractivity contribution in [2.24, 2.45) is 5.92 Å². The molecule has 7 heteroatoms. The SMILES string of the molecule is COc1ccccc1N1CC(C(=O)Nc2nc3c(C)cccc3s2)CC1=O. The van der Waals surface area contributed by atoms with Crippen LogP contribution in [0.25, 0.3) is 10.2 Å². The number of rotatable bonds is 4. The highest BCUT2D eigenvalue weighted by molar-refractivity contribution is 7.22. The minimum atomic E-state index is -0.421. The summed E-state index contributed by atoms with van der Waals surface area (Å²) >= 11 is 1.44. The second kappa shape index (κ2) is 7.00. The number of anilines is 2. The van der Waals surface area contributed by atoms with E-state index in [1.54, 1.807) is 18.1 Å². The molecule has 2 heterocycles. The lowest BCUT2D eigenvalue weighted by Crippen LogP contribution is -2.28. The molecule has 0 aliphatic carbocycles. The molecule has 1 saturated heterocycles. The molecule has 1 aromatic heterocycles. The summed E-state index contributed by atoms with van der Waals surface area (Å²) in [6.45, 7) is 2.32. The standard InChI is InChI=1S/C20H19N3O3S/c1-12-6-5-9-16-18(12)21-20(27-16)22-19(25)13-10-17(24)23(11-13)14-7-3-4-8-15(14)26-2/h3-9,13H,10-11H2,1-2H3,(H,21,22,25). The van der Waals surface area contributed by atoms with Crippen LogP contribution in [0.4, 0.5) is 10.8 Å². The van der Waals surface area contributed by atoms with Gasteiger partial charge in [-0.3, -0.25) is 9.59 Å². The number of amides is 2. The first kappa shape index (κ1) is 17.5. The summed E-state index contributed by atoms with van der Waals surface area (Å²) in [6.07, 6.45) is 0.174. The molecular formula is C20H19N3O3S. The molecule has 0 bridgehead atoms. The molecule has 3 aromatic rings. The van der Waals surface area contributed by atoms with Gasteiger partial charge in [0, 0.05) is 13.0 Å². The fourth-order valence-electron chi connectivity index (χ4n) is 3.32. The molecule has 0 spiro atoms. The minimum absolute atomic E-state index is 0.0835. The van der Waals surface area contributed by atoms with Crippen molar-refractivity contribution >= 4 is 44.2 Å². The zero-order chi connectivity index (χ0) is 19.0. The summed E-state index contributed by atoms with van der Waals surface area (Å²) in [4.78, 5) is 31.3. The van der Waals surface area contributed by atoms with Crippen LogP contribution in [-0.2, 0) is 9.59 Å². The third kappa shape index (κ3) is 3.26. The Morgan fingerprint density at radius 3 is 2.85 bits per heavy atom. The van der Waals surface area contributed by atoms with Crippen molar-refractivity contribution < 1.29 is 14.3 Å². The van der Waals surface area contributed by atoms with Gasteiger partial charge in [0.2, 0.25) is 11.8 Å². The Bertz CT molecular complexity index is 1030. The number of hydrogen-bond donors (Lipinski definition) is 1. The zero-order valence-corrected chi connectivity index (χ0v) is 15.9. The van der Waals surface area contributed by atoms with E-state index in [0.29, 0.717) is 23.1 Å². The largest absolute Gasteiger partial charge is 0.495 e. The third-order valence-electron chi connectivity index (χ3n) is 4.72. The number of para-hydroxylation sites is 3. The molecule has 1 atom stereocenters. The number of aromatic nitrogens is 1. The van der Waals surface area contributed by atoms with E-state index in [0.717, 1.165) is 15.8 Å². The average molecular weight is 381 g/mol. The normalized spacial score (nSPS) is 16.7. The van der Waals surface area contributed by atoms with Crippen LogP contribution >= 0.6 is 11.3 Å². The van der Waals surface area contributed by atoms with E-state index in [1.807, 2.05) is 43.3 Å². The monoisotopic (exact) mass is 381 g/mol. The van der Waals surface area contributed by atoms with Crippen LogP contribution < -0.4 is 15.0 Å². The molecular weight excluding hydrogens is 362 g/mol. The van der Waals surface area contributed by atoms with Gasteiger partial charge in [0.25, 0.3) is 0 Å². The van der Waals surface area contributed by atoms with Crippen molar-refractivity contribution in [3.63, 3.8) is 0 Å². The van der Waals surface area contributed by atoms with Crippen molar-refractivity contribution in [3.05, 3.63) is 48.0 Å². The second-order valence-corrected chi connectivity index (χ2v) is 7.54. The van der Waals surface area contributed by atoms with Crippen LogP contribution in [-0.4, -0.2) is 30.5 Å². The predicted octanol–water partition coefficient (Wildman–Crippen LogP) is 3.60. The van der Waals surface area contributed by atoms with E-state index >= 15 is 0 Å². The molecule has 1 aliphatic heterocycles. The number of carbonyl (C=O) groups is 2. The molecule has 2 aromatic carbocycles. The topological polar surface area (TPSA) is 71.5 Å². The zero-order valence-electron chi connectivity index (χ0n) is 15.1. The van der Waals surface area contributed by atoms with Crippen molar-refractivity contribution in [2.45, 2.75) is 13.3 Å². The second-order valence-electron chi connectivity index (χ2n) is 6.51. The highest BCUT2D eigenvalue weighted by Crippen LogP contribution is 2.34. The highest BCUT2D eigenvalue weighted by atomic mass is 32.1. The molecule has 1 unspecified atom stereocenters. The molecule has 27 heavy (non-hydrogen) atoms. The van der Waals surface area contributed by atoms with Gasteiger partial charge in [-0.15, -0.1) is 0 Å². The molecule has 2 amide bonds. The van der Waals surface area contributed by atoms with Gasteiger partial charge < -0.3 is 15.0 Å². The number of thiazole rings is 1. The van der Waals surface area contributed by atoms with E-state index in [1.165, 1.54) is 11.3 Å². The number of carbonyl (C=O) groups excluding carboxylic acids is 2. The maximum atomic E-state index is 12.7. The van der Waals surface area contributed by atoms with Gasteiger partial charge in [-0.1, -0.05) is 35.6 Å².